The number of rotatable bonds is 12. The fourth-order valence-electron chi connectivity index (χ4n) is 3.96. The number of hydrogen-bond donors (Lipinski definition) is 2. The van der Waals surface area contributed by atoms with Gasteiger partial charge in [-0.1, -0.05) is 17.3 Å². The number of nitrogens with zero attached hydrogens (tertiary/aromatic N) is 4. The van der Waals surface area contributed by atoms with Crippen LogP contribution in [0.2, 0.25) is 0 Å². The first kappa shape index (κ1) is 26.0. The molecule has 0 aliphatic rings. The van der Waals surface area contributed by atoms with E-state index in [2.05, 4.69) is 10.3 Å². The summed E-state index contributed by atoms with van der Waals surface area (Å²) in [5.41, 5.74) is -2.44. The number of carbonyl (C=O) groups excluding carboxylic acids is 1. The first-order valence-corrected chi connectivity index (χ1v) is 11.6. The van der Waals surface area contributed by atoms with E-state index in [0.717, 1.165) is 4.68 Å². The van der Waals surface area contributed by atoms with Crippen LogP contribution in [0.15, 0.2) is 57.7 Å². The van der Waals surface area contributed by atoms with E-state index in [-0.39, 0.29) is 11.1 Å². The molecule has 2 heterocycles. The minimum Gasteiger partial charge on any atom is -0.494 e. The predicted octanol–water partition coefficient (Wildman–Crippen LogP) is 3.04. The molecule has 0 amide bonds. The number of fused-ring (bicyclic) bond motifs is 2. The van der Waals surface area contributed by atoms with Gasteiger partial charge in [-0.2, -0.15) is 5.26 Å². The van der Waals surface area contributed by atoms with Gasteiger partial charge in [-0.3, -0.25) is 19.2 Å². The monoisotopic (exact) mass is 518 g/mol. The number of aromatic nitrogens is 3. The number of carboxylic acid groups (broad SMARTS) is 2. The molecule has 12 nitrogen and oxygen atoms in total. The summed E-state index contributed by atoms with van der Waals surface area (Å²) >= 11 is 0. The van der Waals surface area contributed by atoms with Crippen LogP contribution in [0.4, 0.5) is 0 Å². The van der Waals surface area contributed by atoms with Crippen molar-refractivity contribution >= 4 is 39.6 Å². The second kappa shape index (κ2) is 10.9. The van der Waals surface area contributed by atoms with Crippen LogP contribution in [0.1, 0.15) is 36.2 Å². The number of furan rings is 1. The molecule has 0 fully saturated rings. The lowest BCUT2D eigenvalue weighted by molar-refractivity contribution is -0.165. The summed E-state index contributed by atoms with van der Waals surface area (Å²) in [6.07, 6.45) is -0.612. The minimum atomic E-state index is -2.54. The van der Waals surface area contributed by atoms with Crippen LogP contribution in [0.5, 0.6) is 5.75 Å². The number of Topliss-reactive ketones (excluding diaryl/α,β-unsaturated/α-hetero) is 1. The van der Waals surface area contributed by atoms with Gasteiger partial charge in [0, 0.05) is 24.8 Å². The minimum absolute atomic E-state index is 0.212. The molecule has 194 valence electrons. The van der Waals surface area contributed by atoms with Gasteiger partial charge in [-0.25, -0.2) is 4.68 Å². The van der Waals surface area contributed by atoms with Crippen molar-refractivity contribution in [2.45, 2.75) is 32.2 Å². The van der Waals surface area contributed by atoms with E-state index >= 15 is 0 Å². The zero-order valence-corrected chi connectivity index (χ0v) is 20.0. The zero-order valence-electron chi connectivity index (χ0n) is 20.0. The number of aliphatic carboxylic acids is 2. The van der Waals surface area contributed by atoms with Gasteiger partial charge in [0.05, 0.1) is 18.1 Å². The second-order valence-electron chi connectivity index (χ2n) is 8.60. The molecule has 4 rings (SSSR count). The number of ether oxygens (including phenoxy) is 1. The van der Waals surface area contributed by atoms with Gasteiger partial charge in [0.15, 0.2) is 17.0 Å². The highest BCUT2D eigenvalue weighted by atomic mass is 16.5. The molecule has 0 saturated carbocycles. The van der Waals surface area contributed by atoms with Crippen LogP contribution in [0.25, 0.3) is 21.9 Å². The lowest BCUT2D eigenvalue weighted by Gasteiger charge is -2.23. The van der Waals surface area contributed by atoms with E-state index in [9.17, 15) is 29.4 Å². The molecule has 0 aliphatic heterocycles. The Kier molecular flexibility index (Phi) is 7.48. The standard InChI is InChI=1S/C26H22N4O8/c27-10-3-4-12-37-17-7-8-21-16(13-17)14-22(38-21)20(31)15-26(24(33)34,25(35)36)9-11-30-23(32)18-5-1-2-6-19(18)28-29-30/h1-2,5-8,13-14H,3-4,9,11-12,15H2,(H,33,34)(H,35,36). The van der Waals surface area contributed by atoms with E-state index in [1.165, 1.54) is 12.1 Å². The molecule has 0 bridgehead atoms. The number of hydrogen-bond acceptors (Lipinski definition) is 9. The Labute approximate surface area is 214 Å². The number of aryl methyl sites for hydroxylation is 1. The van der Waals surface area contributed by atoms with Gasteiger partial charge >= 0.3 is 11.9 Å². The van der Waals surface area contributed by atoms with Crippen LogP contribution in [0.3, 0.4) is 0 Å². The molecule has 12 heteroatoms. The van der Waals surface area contributed by atoms with Crippen molar-refractivity contribution in [2.24, 2.45) is 5.41 Å². The average Bonchev–Trinajstić information content (AvgIpc) is 3.33. The topological polar surface area (TPSA) is 186 Å². The Morgan fingerprint density at radius 2 is 1.87 bits per heavy atom. The molecular weight excluding hydrogens is 496 g/mol. The maximum absolute atomic E-state index is 13.0. The highest BCUT2D eigenvalue weighted by Crippen LogP contribution is 2.32. The van der Waals surface area contributed by atoms with Gasteiger partial charge in [-0.05, 0) is 49.2 Å². The van der Waals surface area contributed by atoms with Gasteiger partial charge in [0.25, 0.3) is 5.56 Å². The number of ketones is 1. The summed E-state index contributed by atoms with van der Waals surface area (Å²) in [7, 11) is 0. The zero-order chi connectivity index (χ0) is 27.3. The highest BCUT2D eigenvalue weighted by Gasteiger charge is 2.48. The maximum Gasteiger partial charge on any atom is 0.321 e. The van der Waals surface area contributed by atoms with Crippen molar-refractivity contribution in [3.05, 3.63) is 64.6 Å². The summed E-state index contributed by atoms with van der Waals surface area (Å²) in [6, 6.07) is 14.6. The molecule has 0 spiro atoms. The first-order chi connectivity index (χ1) is 18.2. The Morgan fingerprint density at radius 3 is 2.61 bits per heavy atom. The van der Waals surface area contributed by atoms with Crippen LogP contribution in [-0.4, -0.2) is 49.5 Å². The Balaban J connectivity index is 1.55. The number of benzene rings is 2. The number of nitriles is 1. The highest BCUT2D eigenvalue weighted by molar-refractivity contribution is 6.06. The summed E-state index contributed by atoms with van der Waals surface area (Å²) < 4.78 is 12.0. The van der Waals surface area contributed by atoms with Crippen LogP contribution in [-0.2, 0) is 16.1 Å². The quantitative estimate of drug-likeness (QED) is 0.159. The van der Waals surface area contributed by atoms with E-state index < -0.39 is 48.1 Å². The van der Waals surface area contributed by atoms with E-state index in [4.69, 9.17) is 14.4 Å². The first-order valence-electron chi connectivity index (χ1n) is 11.6. The average molecular weight is 518 g/mol. The summed E-state index contributed by atoms with van der Waals surface area (Å²) in [5.74, 6) is -4.02. The van der Waals surface area contributed by atoms with Crippen molar-refractivity contribution in [2.75, 3.05) is 6.61 Å². The SMILES string of the molecule is N#CCCCOc1ccc2oc(C(=O)CC(CCn3nnc4ccccc4c3=O)(C(=O)O)C(=O)O)cc2c1. The fourth-order valence-corrected chi connectivity index (χ4v) is 3.96. The smallest absolute Gasteiger partial charge is 0.321 e. The second-order valence-corrected chi connectivity index (χ2v) is 8.60. The molecule has 4 aromatic rings. The lowest BCUT2D eigenvalue weighted by Crippen LogP contribution is -2.43. The molecule has 0 radical (unpaired) electrons. The number of carboxylic acids is 2. The summed E-state index contributed by atoms with van der Waals surface area (Å²) in [5, 5.41) is 36.8. The van der Waals surface area contributed by atoms with E-state index in [1.807, 2.05) is 6.07 Å². The van der Waals surface area contributed by atoms with Crippen molar-refractivity contribution < 1.29 is 33.8 Å². The molecule has 0 aliphatic carbocycles. The van der Waals surface area contributed by atoms with Crippen molar-refractivity contribution in [1.82, 2.24) is 15.0 Å². The summed E-state index contributed by atoms with van der Waals surface area (Å²) in [4.78, 5) is 50.1. The van der Waals surface area contributed by atoms with Gasteiger partial charge < -0.3 is 19.4 Å². The molecule has 2 aromatic heterocycles. The summed E-state index contributed by atoms with van der Waals surface area (Å²) in [6.45, 7) is -0.0672. The number of carbonyl (C=O) groups is 3. The molecule has 2 aromatic carbocycles. The molecule has 0 unspecified atom stereocenters. The van der Waals surface area contributed by atoms with Gasteiger partial charge in [0.1, 0.15) is 16.8 Å². The van der Waals surface area contributed by atoms with E-state index in [1.54, 1.807) is 36.4 Å². The predicted molar refractivity (Wildman–Crippen MR) is 132 cm³/mol. The van der Waals surface area contributed by atoms with Crippen molar-refractivity contribution in [3.8, 4) is 11.8 Å². The van der Waals surface area contributed by atoms with Gasteiger partial charge in [-0.15, -0.1) is 5.10 Å². The molecule has 0 saturated heterocycles. The van der Waals surface area contributed by atoms with Crippen molar-refractivity contribution in [3.63, 3.8) is 0 Å². The van der Waals surface area contributed by atoms with E-state index in [0.29, 0.717) is 41.7 Å². The van der Waals surface area contributed by atoms with Crippen LogP contribution < -0.4 is 10.3 Å². The van der Waals surface area contributed by atoms with Gasteiger partial charge in [0.2, 0.25) is 0 Å². The van der Waals surface area contributed by atoms with Crippen LogP contribution >= 0.6 is 0 Å². The third-order valence-electron chi connectivity index (χ3n) is 6.13. The Morgan fingerprint density at radius 1 is 1.11 bits per heavy atom. The maximum atomic E-state index is 13.0. The van der Waals surface area contributed by atoms with Crippen LogP contribution in [0, 0.1) is 16.7 Å². The molecule has 2 N–H and O–H groups in total. The lowest BCUT2D eigenvalue weighted by atomic mass is 9.79. The normalized spacial score (nSPS) is 11.3. The third kappa shape index (κ3) is 5.22. The molecular formula is C26H22N4O8. The number of unbranched alkanes of at least 4 members (excludes halogenated alkanes) is 1. The molecule has 38 heavy (non-hydrogen) atoms. The third-order valence-corrected chi connectivity index (χ3v) is 6.13. The van der Waals surface area contributed by atoms with Crippen molar-refractivity contribution in [1.29, 1.82) is 5.26 Å². The molecule has 0 atom stereocenters. The Hall–Kier alpha value is -5.05. The fraction of sp³-hybridized carbons (Fsp3) is 0.269. The largest absolute Gasteiger partial charge is 0.494 e. The Bertz CT molecular complexity index is 1620.